The summed E-state index contributed by atoms with van der Waals surface area (Å²) < 4.78 is 5.85. The Morgan fingerprint density at radius 1 is 1.32 bits per heavy atom. The molecule has 1 atom stereocenters. The molecule has 0 aliphatic rings. The van der Waals surface area contributed by atoms with Crippen molar-refractivity contribution in [3.63, 3.8) is 0 Å². The van der Waals surface area contributed by atoms with Gasteiger partial charge >= 0.3 is 0 Å². The van der Waals surface area contributed by atoms with E-state index in [2.05, 4.69) is 44.3 Å². The summed E-state index contributed by atoms with van der Waals surface area (Å²) in [6.45, 7) is 11.5. The number of nitrogens with one attached hydrogen (secondary N) is 1. The SMILES string of the molecule is CCNC(C)(C#N)CCOc1cc(C)cc(C)c1C. The van der Waals surface area contributed by atoms with Crippen LogP contribution in [0.2, 0.25) is 0 Å². The molecule has 0 heterocycles. The molecule has 0 spiro atoms. The van der Waals surface area contributed by atoms with Crippen molar-refractivity contribution in [2.45, 2.75) is 46.6 Å². The van der Waals surface area contributed by atoms with Gasteiger partial charge in [-0.05, 0) is 57.0 Å². The quantitative estimate of drug-likeness (QED) is 0.853. The molecular weight excluding hydrogens is 236 g/mol. The van der Waals surface area contributed by atoms with Crippen LogP contribution in [0.3, 0.4) is 0 Å². The lowest BCUT2D eigenvalue weighted by molar-refractivity contribution is 0.267. The number of rotatable bonds is 6. The van der Waals surface area contributed by atoms with Crippen molar-refractivity contribution in [3.8, 4) is 11.8 Å². The zero-order valence-corrected chi connectivity index (χ0v) is 12.6. The molecule has 0 fully saturated rings. The Morgan fingerprint density at radius 2 is 2.00 bits per heavy atom. The van der Waals surface area contributed by atoms with Gasteiger partial charge in [0.15, 0.2) is 0 Å². The van der Waals surface area contributed by atoms with Crippen LogP contribution < -0.4 is 10.1 Å². The minimum absolute atomic E-state index is 0.512. The molecule has 0 aromatic heterocycles. The Balaban J connectivity index is 2.66. The summed E-state index contributed by atoms with van der Waals surface area (Å²) in [7, 11) is 0. The third kappa shape index (κ3) is 4.25. The fraction of sp³-hybridized carbons (Fsp3) is 0.562. The van der Waals surface area contributed by atoms with Gasteiger partial charge in [0.2, 0.25) is 0 Å². The molecule has 1 unspecified atom stereocenters. The van der Waals surface area contributed by atoms with E-state index in [1.807, 2.05) is 13.8 Å². The van der Waals surface area contributed by atoms with Crippen LogP contribution in [0, 0.1) is 32.1 Å². The zero-order valence-electron chi connectivity index (χ0n) is 12.6. The van der Waals surface area contributed by atoms with Crippen LogP contribution in [0.4, 0.5) is 0 Å². The van der Waals surface area contributed by atoms with Crippen molar-refractivity contribution in [2.24, 2.45) is 0 Å². The average Bonchev–Trinajstić information content (AvgIpc) is 2.35. The summed E-state index contributed by atoms with van der Waals surface area (Å²) in [6, 6.07) is 6.52. The summed E-state index contributed by atoms with van der Waals surface area (Å²) in [5, 5.41) is 12.4. The first kappa shape index (κ1) is 15.5. The summed E-state index contributed by atoms with van der Waals surface area (Å²) in [5.41, 5.74) is 3.10. The molecule has 0 saturated heterocycles. The zero-order chi connectivity index (χ0) is 14.5. The maximum Gasteiger partial charge on any atom is 0.122 e. The van der Waals surface area contributed by atoms with Crippen molar-refractivity contribution in [3.05, 3.63) is 28.8 Å². The van der Waals surface area contributed by atoms with Crippen molar-refractivity contribution < 1.29 is 4.74 Å². The van der Waals surface area contributed by atoms with Crippen molar-refractivity contribution in [1.29, 1.82) is 5.26 Å². The molecule has 1 rings (SSSR count). The topological polar surface area (TPSA) is 45.0 Å². The summed E-state index contributed by atoms with van der Waals surface area (Å²) in [6.07, 6.45) is 0.670. The van der Waals surface area contributed by atoms with Gasteiger partial charge in [-0.1, -0.05) is 13.0 Å². The summed E-state index contributed by atoms with van der Waals surface area (Å²) in [5.74, 6) is 0.925. The molecule has 3 heteroatoms. The summed E-state index contributed by atoms with van der Waals surface area (Å²) >= 11 is 0. The molecule has 0 radical (unpaired) electrons. The standard InChI is InChI=1S/C16H24N2O/c1-6-18-16(5,11-17)7-8-19-15-10-12(2)9-13(3)14(15)4/h9-10,18H,6-8H2,1-5H3. The van der Waals surface area contributed by atoms with Crippen LogP contribution in [0.25, 0.3) is 0 Å². The molecule has 0 aliphatic heterocycles. The van der Waals surface area contributed by atoms with E-state index in [1.54, 1.807) is 0 Å². The van der Waals surface area contributed by atoms with Gasteiger partial charge in [0.1, 0.15) is 11.3 Å². The predicted octanol–water partition coefficient (Wildman–Crippen LogP) is 3.27. The van der Waals surface area contributed by atoms with Gasteiger partial charge in [0.25, 0.3) is 0 Å². The van der Waals surface area contributed by atoms with Gasteiger partial charge in [-0.15, -0.1) is 0 Å². The Labute approximate surface area is 116 Å². The third-order valence-corrected chi connectivity index (χ3v) is 3.44. The monoisotopic (exact) mass is 260 g/mol. The largest absolute Gasteiger partial charge is 0.493 e. The van der Waals surface area contributed by atoms with E-state index in [0.29, 0.717) is 13.0 Å². The van der Waals surface area contributed by atoms with Gasteiger partial charge in [0, 0.05) is 6.42 Å². The van der Waals surface area contributed by atoms with Crippen molar-refractivity contribution in [1.82, 2.24) is 5.32 Å². The molecule has 1 N–H and O–H groups in total. The highest BCUT2D eigenvalue weighted by molar-refractivity contribution is 5.41. The molecule has 0 aliphatic carbocycles. The van der Waals surface area contributed by atoms with E-state index in [9.17, 15) is 5.26 Å². The van der Waals surface area contributed by atoms with E-state index in [1.165, 1.54) is 16.7 Å². The number of aryl methyl sites for hydroxylation is 2. The maximum absolute atomic E-state index is 9.19. The minimum Gasteiger partial charge on any atom is -0.493 e. The highest BCUT2D eigenvalue weighted by Crippen LogP contribution is 2.23. The van der Waals surface area contributed by atoms with Gasteiger partial charge in [-0.3, -0.25) is 5.32 Å². The average molecular weight is 260 g/mol. The molecule has 1 aromatic carbocycles. The fourth-order valence-electron chi connectivity index (χ4n) is 2.09. The first-order valence-electron chi connectivity index (χ1n) is 6.79. The smallest absolute Gasteiger partial charge is 0.122 e. The molecule has 3 nitrogen and oxygen atoms in total. The number of nitriles is 1. The third-order valence-electron chi connectivity index (χ3n) is 3.44. The number of hydrogen-bond acceptors (Lipinski definition) is 3. The van der Waals surface area contributed by atoms with E-state index >= 15 is 0 Å². The predicted molar refractivity (Wildman–Crippen MR) is 78.5 cm³/mol. The second kappa shape index (κ2) is 6.58. The molecule has 0 saturated carbocycles. The highest BCUT2D eigenvalue weighted by atomic mass is 16.5. The lowest BCUT2D eigenvalue weighted by Gasteiger charge is -2.23. The lowest BCUT2D eigenvalue weighted by Crippen LogP contribution is -2.42. The molecule has 19 heavy (non-hydrogen) atoms. The Hall–Kier alpha value is -1.53. The van der Waals surface area contributed by atoms with E-state index in [4.69, 9.17) is 4.74 Å². The first-order chi connectivity index (χ1) is 8.91. The van der Waals surface area contributed by atoms with Crippen LogP contribution in [-0.4, -0.2) is 18.7 Å². The van der Waals surface area contributed by atoms with Gasteiger partial charge < -0.3 is 4.74 Å². The number of nitrogens with zero attached hydrogens (tertiary/aromatic N) is 1. The van der Waals surface area contributed by atoms with Gasteiger partial charge in [-0.2, -0.15) is 5.26 Å². The minimum atomic E-state index is -0.512. The van der Waals surface area contributed by atoms with E-state index in [0.717, 1.165) is 12.3 Å². The molecule has 0 bridgehead atoms. The Bertz CT molecular complexity index is 476. The highest BCUT2D eigenvalue weighted by Gasteiger charge is 2.22. The van der Waals surface area contributed by atoms with Crippen LogP contribution in [0.5, 0.6) is 5.75 Å². The lowest BCUT2D eigenvalue weighted by atomic mass is 10.0. The van der Waals surface area contributed by atoms with Gasteiger partial charge in [0.05, 0.1) is 12.7 Å². The Morgan fingerprint density at radius 3 is 2.58 bits per heavy atom. The maximum atomic E-state index is 9.19. The van der Waals surface area contributed by atoms with Gasteiger partial charge in [-0.25, -0.2) is 0 Å². The molecule has 1 aromatic rings. The van der Waals surface area contributed by atoms with Crippen molar-refractivity contribution in [2.75, 3.05) is 13.2 Å². The summed E-state index contributed by atoms with van der Waals surface area (Å²) in [4.78, 5) is 0. The second-order valence-electron chi connectivity index (χ2n) is 5.28. The second-order valence-corrected chi connectivity index (χ2v) is 5.28. The normalized spacial score (nSPS) is 13.7. The number of benzene rings is 1. The van der Waals surface area contributed by atoms with E-state index in [-0.39, 0.29) is 0 Å². The number of hydrogen-bond donors (Lipinski definition) is 1. The Kier molecular flexibility index (Phi) is 5.38. The number of ether oxygens (including phenoxy) is 1. The van der Waals surface area contributed by atoms with Crippen LogP contribution in [0.1, 0.15) is 37.0 Å². The first-order valence-corrected chi connectivity index (χ1v) is 6.79. The van der Waals surface area contributed by atoms with Crippen LogP contribution in [0.15, 0.2) is 12.1 Å². The molecule has 0 amide bonds. The molecule has 104 valence electrons. The fourth-order valence-corrected chi connectivity index (χ4v) is 2.09. The van der Waals surface area contributed by atoms with Crippen molar-refractivity contribution >= 4 is 0 Å². The van der Waals surface area contributed by atoms with E-state index < -0.39 is 5.54 Å². The van der Waals surface area contributed by atoms with Crippen LogP contribution >= 0.6 is 0 Å². The molecular formula is C16H24N2O. The van der Waals surface area contributed by atoms with Crippen LogP contribution in [-0.2, 0) is 0 Å².